The van der Waals surface area contributed by atoms with Crippen LogP contribution >= 0.6 is 23.2 Å². The molecule has 0 radical (unpaired) electrons. The molecule has 0 aliphatic carbocycles. The van der Waals surface area contributed by atoms with Gasteiger partial charge in [-0.05, 0) is 25.7 Å². The summed E-state index contributed by atoms with van der Waals surface area (Å²) in [5.74, 6) is 0. The molecule has 104 valence electrons. The fourth-order valence-electron chi connectivity index (χ4n) is 2.55. The molecule has 17 heavy (non-hydrogen) atoms. The van der Waals surface area contributed by atoms with Gasteiger partial charge in [0.1, 0.15) is 0 Å². The molecule has 0 heterocycles. The third kappa shape index (κ3) is 8.60. The van der Waals surface area contributed by atoms with Crippen LogP contribution in [0.3, 0.4) is 0 Å². The van der Waals surface area contributed by atoms with Crippen LogP contribution in [0.25, 0.3) is 0 Å². The Morgan fingerprint density at radius 1 is 0.647 bits per heavy atom. The lowest BCUT2D eigenvalue weighted by Gasteiger charge is -2.27. The minimum Gasteiger partial charge on any atom is -0.0927 e. The molecule has 0 amide bonds. The first kappa shape index (κ1) is 17.9. The highest BCUT2D eigenvalue weighted by Gasteiger charge is 2.34. The van der Waals surface area contributed by atoms with E-state index in [9.17, 15) is 0 Å². The van der Waals surface area contributed by atoms with E-state index in [1.54, 1.807) is 24.6 Å². The van der Waals surface area contributed by atoms with Gasteiger partial charge in [-0.3, -0.25) is 0 Å². The molecule has 0 N–H and O–H groups in total. The fraction of sp³-hybridized carbons (Fsp3) is 1.00. The van der Waals surface area contributed by atoms with E-state index < -0.39 is 7.26 Å². The monoisotopic (exact) mass is 323 g/mol. The Balaban J connectivity index is 4.39. The van der Waals surface area contributed by atoms with E-state index in [1.807, 2.05) is 0 Å². The van der Waals surface area contributed by atoms with E-state index in [1.165, 1.54) is 50.3 Å². The van der Waals surface area contributed by atoms with Crippen LogP contribution in [-0.4, -0.2) is 30.0 Å². The average molecular weight is 324 g/mol. The zero-order chi connectivity index (χ0) is 13.0. The summed E-state index contributed by atoms with van der Waals surface area (Å²) >= 11 is 3.62. The van der Waals surface area contributed by atoms with Crippen LogP contribution in [0, 0.1) is 0 Å². The largest absolute Gasteiger partial charge is 0.0927 e. The van der Waals surface area contributed by atoms with Gasteiger partial charge in [0.15, 0.2) is 0 Å². The average Bonchev–Trinajstić information content (AvgIpc) is 2.37. The lowest BCUT2D eigenvalue weighted by Crippen LogP contribution is -2.13. The summed E-state index contributed by atoms with van der Waals surface area (Å²) in [6.07, 6.45) is 16.3. The van der Waals surface area contributed by atoms with Gasteiger partial charge in [0, 0.05) is 12.6 Å². The van der Waals surface area contributed by atoms with Gasteiger partial charge in [0.2, 0.25) is 0 Å². The van der Waals surface area contributed by atoms with Gasteiger partial charge >= 0.3 is 0 Å². The van der Waals surface area contributed by atoms with E-state index in [0.717, 1.165) is 0 Å². The summed E-state index contributed by atoms with van der Waals surface area (Å²) in [5, 5.41) is 1.21. The van der Waals surface area contributed by atoms with Crippen molar-refractivity contribution >= 4 is 23.2 Å². The lowest BCUT2D eigenvalue weighted by molar-refractivity contribution is 0.829. The van der Waals surface area contributed by atoms with Gasteiger partial charge in [-0.2, -0.15) is 0 Å². The highest BCUT2D eigenvalue weighted by molar-refractivity contribution is 9.09. The molecule has 0 aromatic heterocycles. The van der Waals surface area contributed by atoms with Crippen molar-refractivity contribution in [3.05, 3.63) is 0 Å². The Morgan fingerprint density at radius 2 is 1.00 bits per heavy atom. The first-order valence-corrected chi connectivity index (χ1v) is 11.3. The number of unbranched alkanes of at least 4 members (excludes halogenated alkanes) is 3. The summed E-state index contributed by atoms with van der Waals surface area (Å²) in [7, 11) is -0.592. The second kappa shape index (κ2) is 12.0. The number of alkyl halides is 1. The molecule has 0 saturated heterocycles. The van der Waals surface area contributed by atoms with Gasteiger partial charge in [-0.1, -0.05) is 56.0 Å². The molecular formula is C15H33BrP+. The van der Waals surface area contributed by atoms with E-state index >= 15 is 0 Å². The highest BCUT2D eigenvalue weighted by Crippen LogP contribution is 2.61. The number of halogens is 1. The topological polar surface area (TPSA) is 0 Å². The van der Waals surface area contributed by atoms with Gasteiger partial charge in [0.25, 0.3) is 0 Å². The molecule has 0 unspecified atom stereocenters. The molecule has 0 aromatic rings. The number of hydrogen-bond donors (Lipinski definition) is 0. The van der Waals surface area contributed by atoms with Crippen molar-refractivity contribution in [1.29, 1.82) is 0 Å². The number of hydrogen-bond acceptors (Lipinski definition) is 0. The van der Waals surface area contributed by atoms with Crippen LogP contribution in [0.15, 0.2) is 0 Å². The molecule has 0 fully saturated rings. The third-order valence-electron chi connectivity index (χ3n) is 3.72. The Labute approximate surface area is 119 Å². The molecule has 2 heteroatoms. The molecule has 0 aliphatic heterocycles. The molecular weight excluding hydrogens is 291 g/mol. The third-order valence-corrected chi connectivity index (χ3v) is 9.34. The van der Waals surface area contributed by atoms with Crippen molar-refractivity contribution in [3.8, 4) is 0 Å². The predicted octanol–water partition coefficient (Wildman–Crippen LogP) is 6.19. The molecule has 0 atom stereocenters. The molecule has 0 spiro atoms. The zero-order valence-corrected chi connectivity index (χ0v) is 14.8. The first-order valence-electron chi connectivity index (χ1n) is 7.65. The summed E-state index contributed by atoms with van der Waals surface area (Å²) < 4.78 is 0. The summed E-state index contributed by atoms with van der Waals surface area (Å²) in [4.78, 5) is 0. The molecule has 0 nitrogen and oxygen atoms in total. The molecule has 0 rings (SSSR count). The number of rotatable bonds is 12. The van der Waals surface area contributed by atoms with Crippen molar-refractivity contribution < 1.29 is 0 Å². The minimum atomic E-state index is -0.592. The predicted molar refractivity (Wildman–Crippen MR) is 89.5 cm³/mol. The van der Waals surface area contributed by atoms with Crippen LogP contribution in [0.1, 0.15) is 65.7 Å². The normalized spacial score (nSPS) is 12.0. The van der Waals surface area contributed by atoms with E-state index in [-0.39, 0.29) is 0 Å². The highest BCUT2D eigenvalue weighted by atomic mass is 79.9. The van der Waals surface area contributed by atoms with E-state index in [0.29, 0.717) is 0 Å². The second-order valence-electron chi connectivity index (χ2n) is 5.34. The van der Waals surface area contributed by atoms with Crippen molar-refractivity contribution in [1.82, 2.24) is 0 Å². The summed E-state index contributed by atoms with van der Waals surface area (Å²) in [5.41, 5.74) is 0. The quantitative estimate of drug-likeness (QED) is 0.297. The molecule has 0 aliphatic rings. The molecule has 0 aromatic carbocycles. The van der Waals surface area contributed by atoms with Crippen molar-refractivity contribution in [2.24, 2.45) is 0 Å². The SMILES string of the molecule is CCCC[P+](CCCC)(CCCC)CCCBr. The van der Waals surface area contributed by atoms with Crippen LogP contribution in [-0.2, 0) is 0 Å². The van der Waals surface area contributed by atoms with Crippen molar-refractivity contribution in [3.63, 3.8) is 0 Å². The maximum atomic E-state index is 3.62. The lowest BCUT2D eigenvalue weighted by atomic mass is 10.4. The summed E-state index contributed by atoms with van der Waals surface area (Å²) in [6, 6.07) is 0. The second-order valence-corrected chi connectivity index (χ2v) is 10.6. The standard InChI is InChI=1S/C15H33BrP/c1-4-7-12-17(13-8-5-2,14-9-6-3)15-10-11-16/h4-15H2,1-3H3/q+1. The fourth-order valence-corrected chi connectivity index (χ4v) is 8.39. The van der Waals surface area contributed by atoms with Crippen LogP contribution in [0.5, 0.6) is 0 Å². The Bertz CT molecular complexity index is 121. The van der Waals surface area contributed by atoms with Gasteiger partial charge in [-0.15, -0.1) is 0 Å². The molecule has 0 saturated carbocycles. The summed E-state index contributed by atoms with van der Waals surface area (Å²) in [6.45, 7) is 7.04. The zero-order valence-electron chi connectivity index (χ0n) is 12.3. The van der Waals surface area contributed by atoms with Crippen molar-refractivity contribution in [2.75, 3.05) is 30.0 Å². The Kier molecular flexibility index (Phi) is 12.6. The van der Waals surface area contributed by atoms with Crippen molar-refractivity contribution in [2.45, 2.75) is 65.7 Å². The Hall–Kier alpha value is 0.910. The first-order chi connectivity index (χ1) is 8.24. The van der Waals surface area contributed by atoms with E-state index in [2.05, 4.69) is 36.7 Å². The van der Waals surface area contributed by atoms with Crippen LogP contribution in [0.4, 0.5) is 0 Å². The smallest absolute Gasteiger partial charge is 0.0602 e. The maximum Gasteiger partial charge on any atom is 0.0602 e. The minimum absolute atomic E-state index is 0.592. The van der Waals surface area contributed by atoms with E-state index in [4.69, 9.17) is 0 Å². The Morgan fingerprint density at radius 3 is 1.29 bits per heavy atom. The molecule has 0 bridgehead atoms. The van der Waals surface area contributed by atoms with Crippen LogP contribution < -0.4 is 0 Å². The van der Waals surface area contributed by atoms with Gasteiger partial charge in [0.05, 0.1) is 24.6 Å². The van der Waals surface area contributed by atoms with Crippen LogP contribution in [0.2, 0.25) is 0 Å². The van der Waals surface area contributed by atoms with Gasteiger partial charge in [-0.25, -0.2) is 0 Å². The maximum absolute atomic E-state index is 3.62. The van der Waals surface area contributed by atoms with Gasteiger partial charge < -0.3 is 0 Å².